The SMILES string of the molecule is CCC(=O)CC(=O)OC.CCc1nn(-c2ccc(OC)cc2)cc1C(=O)OC. The summed E-state index contributed by atoms with van der Waals surface area (Å²) in [6, 6.07) is 7.46. The third-order valence-corrected chi connectivity index (χ3v) is 3.83. The van der Waals surface area contributed by atoms with Crippen LogP contribution in [-0.4, -0.2) is 48.8 Å². The van der Waals surface area contributed by atoms with Crippen molar-refractivity contribution in [3.05, 3.63) is 41.7 Å². The molecule has 0 spiro atoms. The van der Waals surface area contributed by atoms with Crippen LogP contribution < -0.4 is 4.74 Å². The lowest BCUT2D eigenvalue weighted by Crippen LogP contribution is -2.07. The number of ketones is 1. The second kappa shape index (κ2) is 11.5. The molecule has 0 atom stereocenters. The first-order valence-electron chi connectivity index (χ1n) is 8.79. The van der Waals surface area contributed by atoms with E-state index in [0.717, 1.165) is 17.1 Å². The zero-order valence-corrected chi connectivity index (χ0v) is 16.9. The fraction of sp³-hybridized carbons (Fsp3) is 0.400. The van der Waals surface area contributed by atoms with Crippen molar-refractivity contribution in [1.29, 1.82) is 0 Å². The summed E-state index contributed by atoms with van der Waals surface area (Å²) in [5.41, 5.74) is 2.09. The Bertz CT molecular complexity index is 782. The Labute approximate surface area is 164 Å². The number of nitrogens with zero attached hydrogens (tertiary/aromatic N) is 2. The van der Waals surface area contributed by atoms with Crippen LogP contribution >= 0.6 is 0 Å². The normalized spacial score (nSPS) is 9.75. The second-order valence-corrected chi connectivity index (χ2v) is 5.62. The minimum absolute atomic E-state index is 0.0816. The lowest BCUT2D eigenvalue weighted by molar-refractivity contribution is -0.143. The van der Waals surface area contributed by atoms with Crippen LogP contribution in [0.4, 0.5) is 0 Å². The Kier molecular flexibility index (Phi) is 9.42. The predicted molar refractivity (Wildman–Crippen MR) is 103 cm³/mol. The molecule has 8 heteroatoms. The summed E-state index contributed by atoms with van der Waals surface area (Å²) >= 11 is 0. The van der Waals surface area contributed by atoms with Gasteiger partial charge < -0.3 is 14.2 Å². The minimum atomic E-state index is -0.457. The maximum absolute atomic E-state index is 11.6. The molecule has 0 bridgehead atoms. The van der Waals surface area contributed by atoms with Gasteiger partial charge in [-0.3, -0.25) is 9.59 Å². The Morgan fingerprint density at radius 3 is 2.11 bits per heavy atom. The molecule has 1 aromatic heterocycles. The first kappa shape index (κ1) is 22.9. The van der Waals surface area contributed by atoms with Gasteiger partial charge in [-0.15, -0.1) is 0 Å². The quantitative estimate of drug-likeness (QED) is 0.530. The van der Waals surface area contributed by atoms with Crippen LogP contribution in [0.1, 0.15) is 42.7 Å². The molecule has 0 saturated carbocycles. The van der Waals surface area contributed by atoms with Gasteiger partial charge in [-0.2, -0.15) is 5.10 Å². The molecule has 0 aliphatic carbocycles. The van der Waals surface area contributed by atoms with Gasteiger partial charge in [0.1, 0.15) is 23.5 Å². The molecule has 0 saturated heterocycles. The van der Waals surface area contributed by atoms with E-state index < -0.39 is 5.97 Å². The Morgan fingerprint density at radius 1 is 1.00 bits per heavy atom. The summed E-state index contributed by atoms with van der Waals surface area (Å²) in [7, 11) is 4.26. The van der Waals surface area contributed by atoms with E-state index in [1.54, 1.807) is 24.9 Å². The van der Waals surface area contributed by atoms with Crippen LogP contribution in [0.25, 0.3) is 5.69 Å². The number of benzene rings is 1. The summed E-state index contributed by atoms with van der Waals surface area (Å²) in [6.45, 7) is 3.67. The van der Waals surface area contributed by atoms with Crippen LogP contribution in [0.15, 0.2) is 30.5 Å². The lowest BCUT2D eigenvalue weighted by atomic mass is 10.2. The zero-order valence-electron chi connectivity index (χ0n) is 16.9. The maximum atomic E-state index is 11.6. The number of hydrogen-bond acceptors (Lipinski definition) is 7. The van der Waals surface area contributed by atoms with E-state index in [0.29, 0.717) is 18.4 Å². The highest BCUT2D eigenvalue weighted by Crippen LogP contribution is 2.17. The van der Waals surface area contributed by atoms with Crippen LogP contribution in [0, 0.1) is 0 Å². The molecule has 28 heavy (non-hydrogen) atoms. The van der Waals surface area contributed by atoms with Crippen molar-refractivity contribution in [2.45, 2.75) is 33.1 Å². The first-order valence-corrected chi connectivity index (χ1v) is 8.79. The molecule has 0 aliphatic heterocycles. The number of aromatic nitrogens is 2. The highest BCUT2D eigenvalue weighted by Gasteiger charge is 2.16. The lowest BCUT2D eigenvalue weighted by Gasteiger charge is -2.03. The average molecular weight is 390 g/mol. The molecule has 1 heterocycles. The molecule has 0 aliphatic rings. The van der Waals surface area contributed by atoms with E-state index in [2.05, 4.69) is 9.84 Å². The van der Waals surface area contributed by atoms with Gasteiger partial charge in [0.2, 0.25) is 0 Å². The summed E-state index contributed by atoms with van der Waals surface area (Å²) in [5, 5.41) is 4.40. The molecular formula is C20H26N2O6. The third-order valence-electron chi connectivity index (χ3n) is 3.83. The van der Waals surface area contributed by atoms with Gasteiger partial charge in [0.15, 0.2) is 0 Å². The van der Waals surface area contributed by atoms with Crippen LogP contribution in [0.3, 0.4) is 0 Å². The van der Waals surface area contributed by atoms with E-state index in [-0.39, 0.29) is 18.2 Å². The molecule has 1 aromatic carbocycles. The van der Waals surface area contributed by atoms with Crippen molar-refractivity contribution in [3.8, 4) is 11.4 Å². The molecule has 0 amide bonds. The van der Waals surface area contributed by atoms with E-state index in [9.17, 15) is 14.4 Å². The van der Waals surface area contributed by atoms with E-state index in [1.165, 1.54) is 14.2 Å². The largest absolute Gasteiger partial charge is 0.497 e. The third kappa shape index (κ3) is 6.53. The van der Waals surface area contributed by atoms with Crippen molar-refractivity contribution in [3.63, 3.8) is 0 Å². The van der Waals surface area contributed by atoms with Crippen molar-refractivity contribution in [2.24, 2.45) is 0 Å². The van der Waals surface area contributed by atoms with Gasteiger partial charge in [-0.25, -0.2) is 9.48 Å². The standard InChI is InChI=1S/C14H16N2O3.C6H10O3/c1-4-13-12(14(17)19-3)9-16(15-13)10-5-7-11(18-2)8-6-10;1-3-5(7)4-6(8)9-2/h5-9H,4H2,1-3H3;3-4H2,1-2H3. The average Bonchev–Trinajstić information content (AvgIpc) is 3.17. The fourth-order valence-corrected chi connectivity index (χ4v) is 2.18. The van der Waals surface area contributed by atoms with E-state index in [1.807, 2.05) is 31.2 Å². The van der Waals surface area contributed by atoms with Gasteiger partial charge in [0.25, 0.3) is 0 Å². The summed E-state index contributed by atoms with van der Waals surface area (Å²) in [6.07, 6.45) is 2.67. The van der Waals surface area contributed by atoms with E-state index >= 15 is 0 Å². The number of rotatable bonds is 7. The van der Waals surface area contributed by atoms with Crippen LogP contribution in [-0.2, 0) is 25.5 Å². The van der Waals surface area contributed by atoms with Gasteiger partial charge in [-0.1, -0.05) is 13.8 Å². The minimum Gasteiger partial charge on any atom is -0.497 e. The van der Waals surface area contributed by atoms with Gasteiger partial charge in [-0.05, 0) is 30.7 Å². The van der Waals surface area contributed by atoms with Crippen molar-refractivity contribution < 1.29 is 28.6 Å². The highest BCUT2D eigenvalue weighted by molar-refractivity contribution is 5.95. The molecule has 0 radical (unpaired) electrons. The second-order valence-electron chi connectivity index (χ2n) is 5.62. The van der Waals surface area contributed by atoms with Crippen molar-refractivity contribution >= 4 is 17.7 Å². The smallest absolute Gasteiger partial charge is 0.341 e. The number of Topliss-reactive ketones (excluding diaryl/α,β-unsaturated/α-hetero) is 1. The number of carbonyl (C=O) groups is 3. The number of esters is 2. The van der Waals surface area contributed by atoms with Crippen LogP contribution in [0.2, 0.25) is 0 Å². The predicted octanol–water partition coefficient (Wildman–Crippen LogP) is 2.76. The fourth-order valence-electron chi connectivity index (χ4n) is 2.18. The van der Waals surface area contributed by atoms with E-state index in [4.69, 9.17) is 9.47 Å². The highest BCUT2D eigenvalue weighted by atomic mass is 16.5. The Balaban J connectivity index is 0.000000370. The van der Waals surface area contributed by atoms with Gasteiger partial charge in [0.05, 0.1) is 32.7 Å². The summed E-state index contributed by atoms with van der Waals surface area (Å²) in [5.74, 6) is -0.125. The molecule has 0 unspecified atom stereocenters. The van der Waals surface area contributed by atoms with Gasteiger partial charge >= 0.3 is 11.9 Å². The number of methoxy groups -OCH3 is 3. The van der Waals surface area contributed by atoms with Crippen molar-refractivity contribution in [2.75, 3.05) is 21.3 Å². The zero-order chi connectivity index (χ0) is 21.1. The van der Waals surface area contributed by atoms with Gasteiger partial charge in [0, 0.05) is 12.6 Å². The number of carbonyl (C=O) groups excluding carboxylic acids is 3. The maximum Gasteiger partial charge on any atom is 0.341 e. The topological polar surface area (TPSA) is 96.7 Å². The molecule has 2 rings (SSSR count). The van der Waals surface area contributed by atoms with Crippen molar-refractivity contribution in [1.82, 2.24) is 9.78 Å². The summed E-state index contributed by atoms with van der Waals surface area (Å²) < 4.78 is 15.8. The molecule has 0 N–H and O–H groups in total. The molecule has 152 valence electrons. The monoisotopic (exact) mass is 390 g/mol. The number of hydrogen-bond donors (Lipinski definition) is 0. The molecular weight excluding hydrogens is 364 g/mol. The first-order chi connectivity index (χ1) is 13.4. The summed E-state index contributed by atoms with van der Waals surface area (Å²) in [4.78, 5) is 32.5. The number of aryl methyl sites for hydroxylation is 1. The molecule has 0 fully saturated rings. The van der Waals surface area contributed by atoms with Crippen LogP contribution in [0.5, 0.6) is 5.75 Å². The Hall–Kier alpha value is -3.16. The molecule has 2 aromatic rings. The molecule has 8 nitrogen and oxygen atoms in total. The number of ether oxygens (including phenoxy) is 3. The Morgan fingerprint density at radius 2 is 1.64 bits per heavy atom.